The zero-order valence-electron chi connectivity index (χ0n) is 21.2. The highest BCUT2D eigenvalue weighted by atomic mass is 35.5. The topological polar surface area (TPSA) is 108 Å². The highest BCUT2D eigenvalue weighted by Gasteiger charge is 2.39. The van der Waals surface area contributed by atoms with Crippen LogP contribution in [0.1, 0.15) is 18.4 Å². The maximum atomic E-state index is 13.2. The summed E-state index contributed by atoms with van der Waals surface area (Å²) in [5, 5.41) is 6.72. The Morgan fingerprint density at radius 2 is 1.80 bits per heavy atom. The van der Waals surface area contributed by atoms with Gasteiger partial charge in [0.05, 0.1) is 20.9 Å². The molecule has 40 heavy (non-hydrogen) atoms. The van der Waals surface area contributed by atoms with Gasteiger partial charge in [-0.3, -0.25) is 9.59 Å². The largest absolute Gasteiger partial charge is 0.325 e. The third kappa shape index (κ3) is 6.45. The lowest BCUT2D eigenvalue weighted by Crippen LogP contribution is -2.43. The van der Waals surface area contributed by atoms with Crippen molar-refractivity contribution in [3.05, 3.63) is 76.3 Å². The van der Waals surface area contributed by atoms with Crippen molar-refractivity contribution in [1.29, 1.82) is 0 Å². The predicted octanol–water partition coefficient (Wildman–Crippen LogP) is 6.43. The average molecular weight is 636 g/mol. The molecule has 4 aromatic rings. The first-order valence-corrected chi connectivity index (χ1v) is 16.3. The number of fused-ring (bicyclic) bond motifs is 1. The van der Waals surface area contributed by atoms with Gasteiger partial charge in [0, 0.05) is 28.0 Å². The molecule has 1 atom stereocenters. The number of nitrogens with zero attached hydrogens (tertiary/aromatic N) is 2. The van der Waals surface area contributed by atoms with E-state index in [9.17, 15) is 18.0 Å². The monoisotopic (exact) mass is 634 g/mol. The molecule has 1 aliphatic heterocycles. The lowest BCUT2D eigenvalue weighted by molar-refractivity contribution is -0.119. The minimum absolute atomic E-state index is 0.101. The summed E-state index contributed by atoms with van der Waals surface area (Å²) in [6.07, 6.45) is 1.02. The number of aromatic nitrogens is 1. The Bertz CT molecular complexity index is 1690. The number of benzene rings is 3. The minimum atomic E-state index is -3.85. The number of thioether (sulfide) groups is 1. The molecule has 0 bridgehead atoms. The van der Waals surface area contributed by atoms with Gasteiger partial charge in [0.25, 0.3) is 0 Å². The van der Waals surface area contributed by atoms with Crippen LogP contribution in [0.5, 0.6) is 0 Å². The molecule has 0 radical (unpaired) electrons. The van der Waals surface area contributed by atoms with Crippen LogP contribution in [0.25, 0.3) is 10.2 Å². The van der Waals surface area contributed by atoms with Gasteiger partial charge in [-0.1, -0.05) is 41.0 Å². The zero-order valence-corrected chi connectivity index (χ0v) is 25.1. The van der Waals surface area contributed by atoms with Crippen LogP contribution in [0.3, 0.4) is 0 Å². The molecule has 0 saturated carbocycles. The maximum absolute atomic E-state index is 13.2. The van der Waals surface area contributed by atoms with Crippen molar-refractivity contribution < 1.29 is 18.0 Å². The third-order valence-electron chi connectivity index (χ3n) is 6.36. The van der Waals surface area contributed by atoms with Gasteiger partial charge >= 0.3 is 0 Å². The molecule has 0 spiro atoms. The minimum Gasteiger partial charge on any atom is -0.325 e. The number of thiazole rings is 1. The van der Waals surface area contributed by atoms with Crippen LogP contribution >= 0.6 is 46.3 Å². The number of carbonyl (C=O) groups excluding carboxylic acids is 2. The molecule has 1 unspecified atom stereocenters. The molecule has 208 valence electrons. The summed E-state index contributed by atoms with van der Waals surface area (Å²) in [5.41, 5.74) is 2.87. The van der Waals surface area contributed by atoms with Gasteiger partial charge < -0.3 is 10.6 Å². The molecule has 0 aliphatic carbocycles. The Hall–Kier alpha value is -2.67. The number of rotatable bonds is 8. The van der Waals surface area contributed by atoms with Gasteiger partial charge in [-0.15, -0.1) is 11.3 Å². The first-order chi connectivity index (χ1) is 19.1. The van der Waals surface area contributed by atoms with E-state index in [1.807, 2.05) is 13.0 Å². The molecule has 13 heteroatoms. The summed E-state index contributed by atoms with van der Waals surface area (Å²) in [6.45, 7) is 2.16. The maximum Gasteiger partial charge on any atom is 0.243 e. The lowest BCUT2D eigenvalue weighted by Gasteiger charge is -2.23. The van der Waals surface area contributed by atoms with E-state index in [0.29, 0.717) is 38.6 Å². The second kappa shape index (κ2) is 12.1. The number of amides is 2. The molecule has 1 aromatic heterocycles. The van der Waals surface area contributed by atoms with Gasteiger partial charge in [-0.2, -0.15) is 4.31 Å². The molecule has 2 N–H and O–H groups in total. The highest BCUT2D eigenvalue weighted by molar-refractivity contribution is 8.01. The fourth-order valence-corrected chi connectivity index (χ4v) is 8.21. The van der Waals surface area contributed by atoms with Gasteiger partial charge in [0.15, 0.2) is 4.34 Å². The van der Waals surface area contributed by atoms with Crippen molar-refractivity contribution in [2.45, 2.75) is 35.0 Å². The molecule has 1 saturated heterocycles. The van der Waals surface area contributed by atoms with E-state index in [1.54, 1.807) is 30.3 Å². The summed E-state index contributed by atoms with van der Waals surface area (Å²) >= 11 is 14.7. The normalized spacial score (nSPS) is 15.8. The molecule has 2 amide bonds. The molecular weight excluding hydrogens is 611 g/mol. The van der Waals surface area contributed by atoms with E-state index in [4.69, 9.17) is 23.2 Å². The van der Waals surface area contributed by atoms with E-state index in [0.717, 1.165) is 15.8 Å². The molecular formula is C27H24Cl2N4O4S3. The van der Waals surface area contributed by atoms with Gasteiger partial charge in [0.2, 0.25) is 21.8 Å². The Morgan fingerprint density at radius 3 is 2.58 bits per heavy atom. The molecule has 5 rings (SSSR count). The Kier molecular flexibility index (Phi) is 8.69. The number of nitrogens with one attached hydrogen (secondary N) is 2. The van der Waals surface area contributed by atoms with Crippen LogP contribution in [0.15, 0.2) is 69.9 Å². The number of hydrogen-bond acceptors (Lipinski definition) is 7. The number of hydrogen-bond donors (Lipinski definition) is 2. The van der Waals surface area contributed by atoms with Crippen molar-refractivity contribution in [3.8, 4) is 0 Å². The number of anilines is 2. The number of halogens is 2. The fourth-order valence-electron chi connectivity index (χ4n) is 4.34. The first kappa shape index (κ1) is 28.8. The smallest absolute Gasteiger partial charge is 0.243 e. The summed E-state index contributed by atoms with van der Waals surface area (Å²) in [7, 11) is -3.85. The molecule has 2 heterocycles. The Morgan fingerprint density at radius 1 is 1.05 bits per heavy atom. The van der Waals surface area contributed by atoms with Crippen LogP contribution in [0.4, 0.5) is 11.4 Å². The quantitative estimate of drug-likeness (QED) is 0.216. The molecule has 8 nitrogen and oxygen atoms in total. The van der Waals surface area contributed by atoms with E-state index in [1.165, 1.54) is 51.7 Å². The van der Waals surface area contributed by atoms with Crippen molar-refractivity contribution in [1.82, 2.24) is 9.29 Å². The van der Waals surface area contributed by atoms with E-state index in [2.05, 4.69) is 15.6 Å². The van der Waals surface area contributed by atoms with Crippen LogP contribution in [0.2, 0.25) is 10.0 Å². The second-order valence-corrected chi connectivity index (χ2v) is 14.2. The summed E-state index contributed by atoms with van der Waals surface area (Å²) in [6, 6.07) is 15.8. The molecule has 3 aromatic carbocycles. The van der Waals surface area contributed by atoms with Crippen LogP contribution < -0.4 is 10.6 Å². The van der Waals surface area contributed by atoms with Gasteiger partial charge in [0.1, 0.15) is 6.04 Å². The van der Waals surface area contributed by atoms with E-state index < -0.39 is 16.1 Å². The van der Waals surface area contributed by atoms with E-state index in [-0.39, 0.29) is 29.0 Å². The summed E-state index contributed by atoms with van der Waals surface area (Å²) in [5.74, 6) is -0.381. The average Bonchev–Trinajstić information content (AvgIpc) is 3.57. The third-order valence-corrected chi connectivity index (χ3v) is 10.9. The van der Waals surface area contributed by atoms with Gasteiger partial charge in [-0.25, -0.2) is 13.4 Å². The standard InChI is InChI=1S/C27H24Cl2N4O4S3/c1-16-4-5-18(29)13-22(16)31-25(34)15-38-27-32-21-11-8-19(14-24(21)39-27)30-26(35)23-3-2-12-33(23)40(36,37)20-9-6-17(28)7-10-20/h4-11,13-14,23H,2-3,12,15H2,1H3,(H,30,35)(H,31,34). The fraction of sp³-hybridized carbons (Fsp3) is 0.222. The Labute approximate surface area is 250 Å². The van der Waals surface area contributed by atoms with Crippen molar-refractivity contribution in [3.63, 3.8) is 0 Å². The van der Waals surface area contributed by atoms with Crippen molar-refractivity contribution in [2.24, 2.45) is 0 Å². The SMILES string of the molecule is Cc1ccc(Cl)cc1NC(=O)CSc1nc2ccc(NC(=O)C3CCCN3S(=O)(=O)c3ccc(Cl)cc3)cc2s1. The zero-order chi connectivity index (χ0) is 28.4. The summed E-state index contributed by atoms with van der Waals surface area (Å²) in [4.78, 5) is 30.3. The van der Waals surface area contributed by atoms with Crippen molar-refractivity contribution >= 4 is 89.7 Å². The van der Waals surface area contributed by atoms with Crippen molar-refractivity contribution in [2.75, 3.05) is 22.9 Å². The molecule has 1 fully saturated rings. The highest BCUT2D eigenvalue weighted by Crippen LogP contribution is 2.33. The number of carbonyl (C=O) groups is 2. The van der Waals surface area contributed by atoms with Crippen LogP contribution in [0, 0.1) is 6.92 Å². The lowest BCUT2D eigenvalue weighted by atomic mass is 10.2. The van der Waals surface area contributed by atoms with Gasteiger partial charge in [-0.05, 0) is 79.9 Å². The number of aryl methyl sites for hydroxylation is 1. The Balaban J connectivity index is 1.23. The first-order valence-electron chi connectivity index (χ1n) is 12.3. The van der Waals surface area contributed by atoms with Crippen LogP contribution in [-0.2, 0) is 19.6 Å². The van der Waals surface area contributed by atoms with E-state index >= 15 is 0 Å². The molecule has 1 aliphatic rings. The second-order valence-electron chi connectivity index (χ2n) is 9.18. The summed E-state index contributed by atoms with van der Waals surface area (Å²) < 4.78 is 29.2. The van der Waals surface area contributed by atoms with Crippen LogP contribution in [-0.4, -0.2) is 47.9 Å². The number of sulfonamides is 1. The predicted molar refractivity (Wildman–Crippen MR) is 162 cm³/mol.